The SMILES string of the molecule is CC(=O)c1c(C)[nH]c(C(=O)N[C@@H](C)c2ccc3c(c2)CCCC3)c1C. The van der Waals surface area contributed by atoms with Crippen LogP contribution < -0.4 is 5.32 Å². The maximum absolute atomic E-state index is 12.7. The lowest BCUT2D eigenvalue weighted by Gasteiger charge is -2.20. The van der Waals surface area contributed by atoms with Crippen molar-refractivity contribution in [3.63, 3.8) is 0 Å². The summed E-state index contributed by atoms with van der Waals surface area (Å²) in [5.74, 6) is -0.189. The number of aryl methyl sites for hydroxylation is 3. The van der Waals surface area contributed by atoms with Crippen molar-refractivity contribution in [3.8, 4) is 0 Å². The Hall–Kier alpha value is -2.36. The Bertz CT molecular complexity index is 833. The molecular formula is C21H26N2O2. The summed E-state index contributed by atoms with van der Waals surface area (Å²) in [4.78, 5) is 27.5. The van der Waals surface area contributed by atoms with Crippen LogP contribution in [0.5, 0.6) is 0 Å². The molecule has 4 nitrogen and oxygen atoms in total. The lowest BCUT2D eigenvalue weighted by molar-refractivity contribution is 0.0934. The predicted octanol–water partition coefficient (Wildman–Crippen LogP) is 4.20. The van der Waals surface area contributed by atoms with Gasteiger partial charge in [-0.3, -0.25) is 9.59 Å². The molecule has 0 aliphatic heterocycles. The Morgan fingerprint density at radius 3 is 2.44 bits per heavy atom. The molecule has 1 aromatic heterocycles. The second kappa shape index (κ2) is 6.87. The van der Waals surface area contributed by atoms with Gasteiger partial charge in [0.05, 0.1) is 6.04 Å². The molecule has 1 aromatic carbocycles. The fourth-order valence-electron chi connectivity index (χ4n) is 3.88. The van der Waals surface area contributed by atoms with E-state index >= 15 is 0 Å². The van der Waals surface area contributed by atoms with Crippen LogP contribution in [0.1, 0.15) is 81.5 Å². The van der Waals surface area contributed by atoms with Crippen molar-refractivity contribution in [2.24, 2.45) is 0 Å². The molecule has 0 bridgehead atoms. The van der Waals surface area contributed by atoms with Gasteiger partial charge in [-0.1, -0.05) is 18.2 Å². The van der Waals surface area contributed by atoms with E-state index < -0.39 is 0 Å². The van der Waals surface area contributed by atoms with Crippen LogP contribution in [0.4, 0.5) is 0 Å². The summed E-state index contributed by atoms with van der Waals surface area (Å²) >= 11 is 0. The van der Waals surface area contributed by atoms with Gasteiger partial charge in [-0.15, -0.1) is 0 Å². The third kappa shape index (κ3) is 3.39. The average Bonchev–Trinajstić information content (AvgIpc) is 2.89. The van der Waals surface area contributed by atoms with Gasteiger partial charge >= 0.3 is 0 Å². The second-order valence-electron chi connectivity index (χ2n) is 7.11. The zero-order valence-corrected chi connectivity index (χ0v) is 15.5. The van der Waals surface area contributed by atoms with E-state index in [2.05, 4.69) is 28.5 Å². The third-order valence-corrected chi connectivity index (χ3v) is 5.24. The number of H-pyrrole nitrogens is 1. The first kappa shape index (κ1) is 17.5. The minimum atomic E-state index is -0.168. The van der Waals surface area contributed by atoms with Crippen LogP contribution >= 0.6 is 0 Å². The molecule has 1 amide bonds. The van der Waals surface area contributed by atoms with Gasteiger partial charge < -0.3 is 10.3 Å². The average molecular weight is 338 g/mol. The molecule has 2 N–H and O–H groups in total. The van der Waals surface area contributed by atoms with Gasteiger partial charge in [0.25, 0.3) is 5.91 Å². The summed E-state index contributed by atoms with van der Waals surface area (Å²) in [6.07, 6.45) is 4.79. The number of hydrogen-bond donors (Lipinski definition) is 2. The molecule has 1 aliphatic carbocycles. The molecule has 132 valence electrons. The number of amides is 1. The molecule has 0 saturated carbocycles. The number of ketones is 1. The molecule has 0 unspecified atom stereocenters. The Morgan fingerprint density at radius 2 is 1.80 bits per heavy atom. The van der Waals surface area contributed by atoms with E-state index in [9.17, 15) is 9.59 Å². The Morgan fingerprint density at radius 1 is 1.12 bits per heavy atom. The van der Waals surface area contributed by atoms with Crippen molar-refractivity contribution in [2.45, 2.75) is 59.4 Å². The van der Waals surface area contributed by atoms with Crippen molar-refractivity contribution in [2.75, 3.05) is 0 Å². The largest absolute Gasteiger partial charge is 0.354 e. The minimum absolute atomic E-state index is 0.0203. The minimum Gasteiger partial charge on any atom is -0.354 e. The smallest absolute Gasteiger partial charge is 0.268 e. The number of rotatable bonds is 4. The Kier molecular flexibility index (Phi) is 4.80. The van der Waals surface area contributed by atoms with E-state index in [4.69, 9.17) is 0 Å². The molecule has 1 heterocycles. The summed E-state index contributed by atoms with van der Waals surface area (Å²) in [6, 6.07) is 6.46. The zero-order valence-electron chi connectivity index (χ0n) is 15.5. The van der Waals surface area contributed by atoms with Gasteiger partial charge in [-0.2, -0.15) is 0 Å². The van der Waals surface area contributed by atoms with Crippen molar-refractivity contribution in [3.05, 3.63) is 57.4 Å². The Balaban J connectivity index is 1.79. The fourth-order valence-corrected chi connectivity index (χ4v) is 3.88. The molecule has 1 atom stereocenters. The van der Waals surface area contributed by atoms with E-state index in [0.29, 0.717) is 11.3 Å². The van der Waals surface area contributed by atoms with E-state index in [1.54, 1.807) is 0 Å². The number of aromatic amines is 1. The van der Waals surface area contributed by atoms with Crippen molar-refractivity contribution < 1.29 is 9.59 Å². The zero-order chi connectivity index (χ0) is 18.1. The highest BCUT2D eigenvalue weighted by Crippen LogP contribution is 2.25. The molecule has 0 spiro atoms. The normalized spacial score (nSPS) is 14.7. The fraction of sp³-hybridized carbons (Fsp3) is 0.429. The number of fused-ring (bicyclic) bond motifs is 1. The summed E-state index contributed by atoms with van der Waals surface area (Å²) in [6.45, 7) is 7.17. The summed E-state index contributed by atoms with van der Waals surface area (Å²) in [5.41, 5.74) is 6.55. The topological polar surface area (TPSA) is 62.0 Å². The number of nitrogens with one attached hydrogen (secondary N) is 2. The predicted molar refractivity (Wildman–Crippen MR) is 99.2 cm³/mol. The van der Waals surface area contributed by atoms with Crippen molar-refractivity contribution >= 4 is 11.7 Å². The first-order valence-electron chi connectivity index (χ1n) is 9.01. The van der Waals surface area contributed by atoms with Crippen LogP contribution in [0.15, 0.2) is 18.2 Å². The first-order chi connectivity index (χ1) is 11.9. The molecule has 0 radical (unpaired) electrons. The molecule has 4 heteroatoms. The van der Waals surface area contributed by atoms with Crippen molar-refractivity contribution in [1.29, 1.82) is 0 Å². The summed E-state index contributed by atoms with van der Waals surface area (Å²) < 4.78 is 0. The van der Waals surface area contributed by atoms with Crippen LogP contribution in [0.3, 0.4) is 0 Å². The van der Waals surface area contributed by atoms with Crippen LogP contribution in [-0.2, 0) is 12.8 Å². The van der Waals surface area contributed by atoms with Gasteiger partial charge in [0.15, 0.2) is 5.78 Å². The molecule has 25 heavy (non-hydrogen) atoms. The second-order valence-corrected chi connectivity index (χ2v) is 7.11. The number of Topliss-reactive ketones (excluding diaryl/α,β-unsaturated/α-hetero) is 1. The number of benzene rings is 1. The van der Waals surface area contributed by atoms with Crippen molar-refractivity contribution in [1.82, 2.24) is 10.3 Å². The lowest BCUT2D eigenvalue weighted by atomic mass is 9.89. The maximum atomic E-state index is 12.7. The van der Waals surface area contributed by atoms with Crippen LogP contribution in [-0.4, -0.2) is 16.7 Å². The van der Waals surface area contributed by atoms with Crippen LogP contribution in [0.25, 0.3) is 0 Å². The number of carbonyl (C=O) groups excluding carboxylic acids is 2. The van der Waals surface area contributed by atoms with Gasteiger partial charge in [0.2, 0.25) is 0 Å². The van der Waals surface area contributed by atoms with Crippen LogP contribution in [0.2, 0.25) is 0 Å². The van der Waals surface area contributed by atoms with Crippen LogP contribution in [0, 0.1) is 13.8 Å². The quantitative estimate of drug-likeness (QED) is 0.821. The first-order valence-corrected chi connectivity index (χ1v) is 9.01. The third-order valence-electron chi connectivity index (χ3n) is 5.24. The summed E-state index contributed by atoms with van der Waals surface area (Å²) in [5, 5.41) is 3.06. The number of carbonyl (C=O) groups is 2. The standard InChI is InChI=1S/C21H26N2O2/c1-12-19(15(4)24)14(3)22-20(12)21(25)23-13(2)17-10-9-16-7-5-6-8-18(16)11-17/h9-11,13,22H,5-8H2,1-4H3,(H,23,25)/t13-/m0/s1. The Labute approximate surface area is 149 Å². The van der Waals surface area contributed by atoms with Gasteiger partial charge in [-0.25, -0.2) is 0 Å². The highest BCUT2D eigenvalue weighted by Gasteiger charge is 2.21. The molecule has 1 aliphatic rings. The van der Waals surface area contributed by atoms with E-state index in [-0.39, 0.29) is 17.7 Å². The van der Waals surface area contributed by atoms with Gasteiger partial charge in [0.1, 0.15) is 5.69 Å². The summed E-state index contributed by atoms with van der Waals surface area (Å²) in [7, 11) is 0. The highest BCUT2D eigenvalue weighted by atomic mass is 16.2. The molecule has 3 rings (SSSR count). The molecular weight excluding hydrogens is 312 g/mol. The van der Waals surface area contributed by atoms with E-state index in [1.165, 1.54) is 30.9 Å². The van der Waals surface area contributed by atoms with E-state index in [0.717, 1.165) is 29.7 Å². The monoisotopic (exact) mass is 338 g/mol. The number of hydrogen-bond acceptors (Lipinski definition) is 2. The maximum Gasteiger partial charge on any atom is 0.268 e. The number of aromatic nitrogens is 1. The molecule has 0 saturated heterocycles. The van der Waals surface area contributed by atoms with E-state index in [1.807, 2.05) is 20.8 Å². The molecule has 0 fully saturated rings. The highest BCUT2D eigenvalue weighted by molar-refractivity contribution is 6.02. The van der Waals surface area contributed by atoms with Gasteiger partial charge in [-0.05, 0) is 75.6 Å². The molecule has 2 aromatic rings. The van der Waals surface area contributed by atoms with Gasteiger partial charge in [0, 0.05) is 11.3 Å². The lowest BCUT2D eigenvalue weighted by Crippen LogP contribution is -2.27.